The van der Waals surface area contributed by atoms with Crippen LogP contribution < -0.4 is 15.2 Å². The molecule has 5 nitrogen and oxygen atoms in total. The number of benzene rings is 1. The lowest BCUT2D eigenvalue weighted by atomic mass is 10.2. The van der Waals surface area contributed by atoms with Crippen molar-refractivity contribution in [1.29, 1.82) is 0 Å². The Kier molecular flexibility index (Phi) is 3.53. The predicted octanol–water partition coefficient (Wildman–Crippen LogP) is 1.66. The number of ether oxygens (including phenoxy) is 2. The highest BCUT2D eigenvalue weighted by Crippen LogP contribution is 2.29. The van der Waals surface area contributed by atoms with Gasteiger partial charge in [0.15, 0.2) is 11.5 Å². The minimum atomic E-state index is 0.485. The molecule has 0 aliphatic carbocycles. The lowest BCUT2D eigenvalue weighted by molar-refractivity contribution is 0.354. The van der Waals surface area contributed by atoms with Gasteiger partial charge in [-0.2, -0.15) is 5.10 Å². The van der Waals surface area contributed by atoms with E-state index in [1.165, 1.54) is 0 Å². The van der Waals surface area contributed by atoms with Crippen LogP contribution >= 0.6 is 0 Å². The van der Waals surface area contributed by atoms with Gasteiger partial charge in [-0.05, 0) is 19.1 Å². The maximum Gasteiger partial charge on any atom is 0.162 e. The molecule has 5 heteroatoms. The number of aryl methyl sites for hydroxylation is 1. The number of hydrogen-bond acceptors (Lipinski definition) is 4. The molecule has 0 saturated heterocycles. The predicted molar refractivity (Wildman–Crippen MR) is 69.3 cm³/mol. The zero-order valence-corrected chi connectivity index (χ0v) is 10.8. The Morgan fingerprint density at radius 3 is 2.50 bits per heavy atom. The summed E-state index contributed by atoms with van der Waals surface area (Å²) in [6.07, 6.45) is 1.93. The maximum absolute atomic E-state index is 5.65. The smallest absolute Gasteiger partial charge is 0.162 e. The summed E-state index contributed by atoms with van der Waals surface area (Å²) in [6.45, 7) is 2.43. The normalized spacial score (nSPS) is 10.4. The van der Waals surface area contributed by atoms with Crippen LogP contribution in [-0.4, -0.2) is 24.0 Å². The number of aromatic nitrogens is 2. The molecule has 0 radical (unpaired) electrons. The van der Waals surface area contributed by atoms with Gasteiger partial charge in [-0.3, -0.25) is 0 Å². The lowest BCUT2D eigenvalue weighted by Crippen LogP contribution is -1.97. The number of methoxy groups -OCH3 is 2. The van der Waals surface area contributed by atoms with E-state index >= 15 is 0 Å². The van der Waals surface area contributed by atoms with Gasteiger partial charge in [0.25, 0.3) is 0 Å². The van der Waals surface area contributed by atoms with Crippen molar-refractivity contribution in [3.8, 4) is 17.2 Å². The SMILES string of the molecule is COc1ccc(-n2cc(CN)c(C)n2)cc1OC. The molecule has 1 aromatic heterocycles. The summed E-state index contributed by atoms with van der Waals surface area (Å²) < 4.78 is 12.3. The number of rotatable bonds is 4. The van der Waals surface area contributed by atoms with Crippen molar-refractivity contribution < 1.29 is 9.47 Å². The van der Waals surface area contributed by atoms with Gasteiger partial charge in [0, 0.05) is 24.4 Å². The summed E-state index contributed by atoms with van der Waals surface area (Å²) in [6, 6.07) is 5.66. The first-order chi connectivity index (χ1) is 8.69. The van der Waals surface area contributed by atoms with Gasteiger partial charge in [0.2, 0.25) is 0 Å². The second-order valence-electron chi connectivity index (χ2n) is 3.93. The molecule has 1 aromatic carbocycles. The Bertz CT molecular complexity index is 549. The molecular weight excluding hydrogens is 230 g/mol. The minimum absolute atomic E-state index is 0.485. The molecule has 0 saturated carbocycles. The Hall–Kier alpha value is -2.01. The zero-order valence-electron chi connectivity index (χ0n) is 10.8. The molecule has 0 bridgehead atoms. The van der Waals surface area contributed by atoms with E-state index in [0.29, 0.717) is 18.0 Å². The molecule has 2 rings (SSSR count). The fraction of sp³-hybridized carbons (Fsp3) is 0.308. The summed E-state index contributed by atoms with van der Waals surface area (Å²) in [7, 11) is 3.23. The molecule has 0 spiro atoms. The van der Waals surface area contributed by atoms with Crippen LogP contribution in [0.2, 0.25) is 0 Å². The summed E-state index contributed by atoms with van der Waals surface area (Å²) in [4.78, 5) is 0. The molecule has 1 heterocycles. The first-order valence-electron chi connectivity index (χ1n) is 5.67. The molecule has 2 aromatic rings. The average Bonchev–Trinajstić information content (AvgIpc) is 2.79. The summed E-state index contributed by atoms with van der Waals surface area (Å²) >= 11 is 0. The van der Waals surface area contributed by atoms with E-state index in [1.807, 2.05) is 31.3 Å². The van der Waals surface area contributed by atoms with Gasteiger partial charge >= 0.3 is 0 Å². The summed E-state index contributed by atoms with van der Waals surface area (Å²) in [5.74, 6) is 1.38. The van der Waals surface area contributed by atoms with Gasteiger partial charge in [0.1, 0.15) is 0 Å². The maximum atomic E-state index is 5.65. The van der Waals surface area contributed by atoms with Crippen LogP contribution in [0.1, 0.15) is 11.3 Å². The standard InChI is InChI=1S/C13H17N3O2/c1-9-10(7-14)8-16(15-9)11-4-5-12(17-2)13(6-11)18-3/h4-6,8H,7,14H2,1-3H3. The van der Waals surface area contributed by atoms with E-state index in [4.69, 9.17) is 15.2 Å². The third kappa shape index (κ3) is 2.17. The monoisotopic (exact) mass is 247 g/mol. The van der Waals surface area contributed by atoms with Crippen molar-refractivity contribution in [3.05, 3.63) is 35.7 Å². The lowest BCUT2D eigenvalue weighted by Gasteiger charge is -2.09. The van der Waals surface area contributed by atoms with E-state index in [1.54, 1.807) is 18.9 Å². The van der Waals surface area contributed by atoms with Crippen molar-refractivity contribution >= 4 is 0 Å². The highest BCUT2D eigenvalue weighted by molar-refractivity contribution is 5.48. The van der Waals surface area contributed by atoms with E-state index < -0.39 is 0 Å². The fourth-order valence-electron chi connectivity index (χ4n) is 1.80. The molecule has 96 valence electrons. The minimum Gasteiger partial charge on any atom is -0.493 e. The number of nitrogens with zero attached hydrogens (tertiary/aromatic N) is 2. The highest BCUT2D eigenvalue weighted by atomic mass is 16.5. The molecule has 0 aliphatic rings. The zero-order chi connectivity index (χ0) is 13.1. The van der Waals surface area contributed by atoms with Crippen molar-refractivity contribution in [2.45, 2.75) is 13.5 Å². The Morgan fingerprint density at radius 2 is 1.94 bits per heavy atom. The fourth-order valence-corrected chi connectivity index (χ4v) is 1.80. The largest absolute Gasteiger partial charge is 0.493 e. The van der Waals surface area contributed by atoms with Crippen LogP contribution in [0.3, 0.4) is 0 Å². The molecular formula is C13H17N3O2. The summed E-state index contributed by atoms with van der Waals surface area (Å²) in [5.41, 5.74) is 8.53. The van der Waals surface area contributed by atoms with Crippen molar-refractivity contribution in [3.63, 3.8) is 0 Å². The molecule has 0 atom stereocenters. The van der Waals surface area contributed by atoms with Crippen LogP contribution in [-0.2, 0) is 6.54 Å². The van der Waals surface area contributed by atoms with Crippen LogP contribution in [0, 0.1) is 6.92 Å². The molecule has 18 heavy (non-hydrogen) atoms. The van der Waals surface area contributed by atoms with Gasteiger partial charge in [-0.1, -0.05) is 0 Å². The van der Waals surface area contributed by atoms with Crippen molar-refractivity contribution in [1.82, 2.24) is 9.78 Å². The van der Waals surface area contributed by atoms with E-state index in [0.717, 1.165) is 16.9 Å². The topological polar surface area (TPSA) is 62.3 Å². The number of nitrogens with two attached hydrogens (primary N) is 1. The first-order valence-corrected chi connectivity index (χ1v) is 5.67. The van der Waals surface area contributed by atoms with E-state index in [2.05, 4.69) is 5.10 Å². The van der Waals surface area contributed by atoms with E-state index in [-0.39, 0.29) is 0 Å². The van der Waals surface area contributed by atoms with Crippen LogP contribution in [0.4, 0.5) is 0 Å². The van der Waals surface area contributed by atoms with Crippen molar-refractivity contribution in [2.24, 2.45) is 5.73 Å². The Balaban J connectivity index is 2.44. The molecule has 2 N–H and O–H groups in total. The summed E-state index contributed by atoms with van der Waals surface area (Å²) in [5, 5.41) is 4.42. The second-order valence-corrected chi connectivity index (χ2v) is 3.93. The molecule has 0 unspecified atom stereocenters. The second kappa shape index (κ2) is 5.10. The molecule has 0 aliphatic heterocycles. The van der Waals surface area contributed by atoms with Gasteiger partial charge in [-0.25, -0.2) is 4.68 Å². The molecule has 0 amide bonds. The highest BCUT2D eigenvalue weighted by Gasteiger charge is 2.08. The third-order valence-corrected chi connectivity index (χ3v) is 2.85. The van der Waals surface area contributed by atoms with Gasteiger partial charge < -0.3 is 15.2 Å². The quantitative estimate of drug-likeness (QED) is 0.892. The van der Waals surface area contributed by atoms with Crippen LogP contribution in [0.5, 0.6) is 11.5 Å². The number of hydrogen-bond donors (Lipinski definition) is 1. The van der Waals surface area contributed by atoms with Gasteiger partial charge in [-0.15, -0.1) is 0 Å². The molecule has 0 fully saturated rings. The van der Waals surface area contributed by atoms with Crippen LogP contribution in [0.15, 0.2) is 24.4 Å². The van der Waals surface area contributed by atoms with Crippen LogP contribution in [0.25, 0.3) is 5.69 Å². The average molecular weight is 247 g/mol. The third-order valence-electron chi connectivity index (χ3n) is 2.85. The van der Waals surface area contributed by atoms with Gasteiger partial charge in [0.05, 0.1) is 25.6 Å². The first kappa shape index (κ1) is 12.4. The van der Waals surface area contributed by atoms with Crippen molar-refractivity contribution in [2.75, 3.05) is 14.2 Å². The Morgan fingerprint density at radius 1 is 1.22 bits per heavy atom. The van der Waals surface area contributed by atoms with E-state index in [9.17, 15) is 0 Å². The Labute approximate surface area is 106 Å².